The molecule has 0 aromatic carbocycles. The number of hydrogen-bond acceptors (Lipinski definition) is 5. The maximum absolute atomic E-state index is 12.2. The number of aromatic nitrogens is 2. The van der Waals surface area contributed by atoms with Crippen molar-refractivity contribution in [2.45, 2.75) is 45.1 Å². The number of thiazole rings is 1. The molecule has 1 saturated heterocycles. The van der Waals surface area contributed by atoms with Gasteiger partial charge in [-0.25, -0.2) is 4.98 Å². The number of amides is 1. The number of rotatable bonds is 2. The number of carbonyl (C=O) groups is 1. The summed E-state index contributed by atoms with van der Waals surface area (Å²) in [5, 5.41) is 10.0. The quantitative estimate of drug-likeness (QED) is 0.896. The number of fused-ring (bicyclic) bond motifs is 3. The number of nitrogens with zero attached hydrogens (tertiary/aromatic N) is 3. The van der Waals surface area contributed by atoms with Gasteiger partial charge in [0.1, 0.15) is 16.6 Å². The molecular formula is C18H18N4O2S. The third-order valence-electron chi connectivity index (χ3n) is 4.84. The van der Waals surface area contributed by atoms with Crippen molar-refractivity contribution >= 4 is 17.2 Å². The van der Waals surface area contributed by atoms with Crippen molar-refractivity contribution in [2.75, 3.05) is 6.54 Å². The van der Waals surface area contributed by atoms with E-state index in [1.165, 1.54) is 4.88 Å². The van der Waals surface area contributed by atoms with Gasteiger partial charge >= 0.3 is 0 Å². The van der Waals surface area contributed by atoms with E-state index in [1.807, 2.05) is 11.0 Å². The van der Waals surface area contributed by atoms with E-state index in [2.05, 4.69) is 4.98 Å². The highest BCUT2D eigenvalue weighted by atomic mass is 32.1. The fourth-order valence-corrected chi connectivity index (χ4v) is 4.61. The Balaban J connectivity index is 1.67. The van der Waals surface area contributed by atoms with E-state index in [-0.39, 0.29) is 17.0 Å². The van der Waals surface area contributed by atoms with Crippen LogP contribution in [0, 0.1) is 11.3 Å². The number of hydrogen-bond donors (Lipinski definition) is 1. The third-order valence-corrected chi connectivity index (χ3v) is 5.94. The van der Waals surface area contributed by atoms with Gasteiger partial charge in [-0.2, -0.15) is 5.26 Å². The van der Waals surface area contributed by atoms with Gasteiger partial charge in [0.05, 0.1) is 12.2 Å². The molecule has 6 nitrogen and oxygen atoms in total. The molecular weight excluding hydrogens is 336 g/mol. The summed E-state index contributed by atoms with van der Waals surface area (Å²) in [5.41, 5.74) is 2.33. The third kappa shape index (κ3) is 2.98. The molecule has 0 unspecified atom stereocenters. The van der Waals surface area contributed by atoms with Crippen LogP contribution >= 0.6 is 11.3 Å². The normalized spacial score (nSPS) is 16.8. The molecule has 0 atom stereocenters. The highest BCUT2D eigenvalue weighted by Crippen LogP contribution is 2.36. The molecule has 0 bridgehead atoms. The Bertz CT molecular complexity index is 938. The summed E-state index contributed by atoms with van der Waals surface area (Å²) in [6.07, 6.45) is 5.33. The molecule has 7 heteroatoms. The van der Waals surface area contributed by atoms with Crippen molar-refractivity contribution < 1.29 is 4.79 Å². The zero-order valence-electron chi connectivity index (χ0n) is 13.8. The molecule has 1 aliphatic carbocycles. The Morgan fingerprint density at radius 2 is 2.12 bits per heavy atom. The fourth-order valence-electron chi connectivity index (χ4n) is 3.52. The number of nitrogens with one attached hydrogen (secondary N) is 1. The van der Waals surface area contributed by atoms with E-state index in [0.29, 0.717) is 13.0 Å². The van der Waals surface area contributed by atoms with Crippen LogP contribution in [0.2, 0.25) is 0 Å². The number of H-pyrrole nitrogens is 1. The maximum atomic E-state index is 12.2. The lowest BCUT2D eigenvalue weighted by atomic mass is 9.97. The van der Waals surface area contributed by atoms with Crippen LogP contribution in [0.15, 0.2) is 10.9 Å². The summed E-state index contributed by atoms with van der Waals surface area (Å²) in [5.74, 6) is 0.210. The van der Waals surface area contributed by atoms with Gasteiger partial charge in [0.15, 0.2) is 0 Å². The minimum Gasteiger partial charge on any atom is -0.336 e. The predicted molar refractivity (Wildman–Crippen MR) is 94.2 cm³/mol. The molecule has 0 spiro atoms. The molecule has 2 aromatic heterocycles. The SMILES string of the molecule is N#Cc1cc2c([nH]c1=O)CCc1sc(CN3CCCCCC3=O)nc1-2. The average molecular weight is 354 g/mol. The number of nitriles is 1. The smallest absolute Gasteiger partial charge is 0.266 e. The zero-order chi connectivity index (χ0) is 17.4. The highest BCUT2D eigenvalue weighted by molar-refractivity contribution is 7.12. The first-order chi connectivity index (χ1) is 12.2. The van der Waals surface area contributed by atoms with Crippen molar-refractivity contribution in [3.63, 3.8) is 0 Å². The lowest BCUT2D eigenvalue weighted by Crippen LogP contribution is -2.29. The second-order valence-corrected chi connectivity index (χ2v) is 7.69. The van der Waals surface area contributed by atoms with Gasteiger partial charge in [-0.3, -0.25) is 9.59 Å². The summed E-state index contributed by atoms with van der Waals surface area (Å²) in [7, 11) is 0. The Morgan fingerprint density at radius 1 is 1.24 bits per heavy atom. The van der Waals surface area contributed by atoms with Crippen molar-refractivity contribution in [2.24, 2.45) is 0 Å². The van der Waals surface area contributed by atoms with Crippen LogP contribution in [-0.2, 0) is 24.2 Å². The van der Waals surface area contributed by atoms with Crippen LogP contribution in [0.4, 0.5) is 0 Å². The Kier molecular flexibility index (Phi) is 4.14. The summed E-state index contributed by atoms with van der Waals surface area (Å²) < 4.78 is 0. The molecule has 3 heterocycles. The highest BCUT2D eigenvalue weighted by Gasteiger charge is 2.24. The molecule has 2 aromatic rings. The van der Waals surface area contributed by atoms with Crippen LogP contribution in [0.5, 0.6) is 0 Å². The number of aromatic amines is 1. The Hall–Kier alpha value is -2.46. The molecule has 0 saturated carbocycles. The van der Waals surface area contributed by atoms with E-state index < -0.39 is 0 Å². The number of pyridine rings is 1. The van der Waals surface area contributed by atoms with E-state index in [9.17, 15) is 9.59 Å². The van der Waals surface area contributed by atoms with Gasteiger partial charge in [-0.05, 0) is 31.7 Å². The molecule has 0 radical (unpaired) electrons. The van der Waals surface area contributed by atoms with Gasteiger partial charge in [-0.15, -0.1) is 11.3 Å². The van der Waals surface area contributed by atoms with Gasteiger partial charge in [0.2, 0.25) is 5.91 Å². The molecule has 1 N–H and O–H groups in total. The largest absolute Gasteiger partial charge is 0.336 e. The summed E-state index contributed by atoms with van der Waals surface area (Å²) >= 11 is 1.64. The molecule has 1 amide bonds. The second kappa shape index (κ2) is 6.45. The van der Waals surface area contributed by atoms with Crippen LogP contribution in [-0.4, -0.2) is 27.3 Å². The van der Waals surface area contributed by atoms with E-state index in [0.717, 1.165) is 60.6 Å². The summed E-state index contributed by atoms with van der Waals surface area (Å²) in [6.45, 7) is 1.35. The van der Waals surface area contributed by atoms with Crippen LogP contribution in [0.25, 0.3) is 11.3 Å². The molecule has 128 valence electrons. The molecule has 1 fully saturated rings. The fraction of sp³-hybridized carbons (Fsp3) is 0.444. The van der Waals surface area contributed by atoms with Gasteiger partial charge in [0, 0.05) is 29.1 Å². The lowest BCUT2D eigenvalue weighted by Gasteiger charge is -2.18. The Morgan fingerprint density at radius 3 is 2.96 bits per heavy atom. The minimum atomic E-state index is -0.338. The average Bonchev–Trinajstić information content (AvgIpc) is 2.91. The summed E-state index contributed by atoms with van der Waals surface area (Å²) in [6, 6.07) is 3.59. The van der Waals surface area contributed by atoms with E-state index in [1.54, 1.807) is 17.4 Å². The van der Waals surface area contributed by atoms with Gasteiger partial charge < -0.3 is 9.88 Å². The number of likely N-dealkylation sites (tertiary alicyclic amines) is 1. The molecule has 2 aliphatic rings. The van der Waals surface area contributed by atoms with Crippen molar-refractivity contribution in [3.05, 3.63) is 37.6 Å². The van der Waals surface area contributed by atoms with Crippen LogP contribution in [0.1, 0.15) is 46.8 Å². The molecule has 1 aliphatic heterocycles. The molecule has 4 rings (SSSR count). The molecule has 25 heavy (non-hydrogen) atoms. The number of aryl methyl sites for hydroxylation is 2. The first-order valence-corrected chi connectivity index (χ1v) is 9.40. The van der Waals surface area contributed by atoms with Gasteiger partial charge in [-0.1, -0.05) is 6.42 Å². The van der Waals surface area contributed by atoms with Crippen molar-refractivity contribution in [3.8, 4) is 17.3 Å². The zero-order valence-corrected chi connectivity index (χ0v) is 14.6. The van der Waals surface area contributed by atoms with E-state index in [4.69, 9.17) is 10.2 Å². The van der Waals surface area contributed by atoms with E-state index >= 15 is 0 Å². The predicted octanol–water partition coefficient (Wildman–Crippen LogP) is 2.37. The Labute approximate surface area is 149 Å². The first-order valence-electron chi connectivity index (χ1n) is 8.58. The topological polar surface area (TPSA) is 89.9 Å². The standard InChI is InChI=1S/C18H18N4O2S/c19-9-11-8-12-13(20-18(11)24)5-6-14-17(12)21-15(25-14)10-22-7-3-1-2-4-16(22)23/h8H,1-7,10H2,(H,20,24). The minimum absolute atomic E-state index is 0.115. The van der Waals surface area contributed by atoms with Crippen LogP contribution in [0.3, 0.4) is 0 Å². The second-order valence-electron chi connectivity index (χ2n) is 6.52. The lowest BCUT2D eigenvalue weighted by molar-refractivity contribution is -0.131. The van der Waals surface area contributed by atoms with Gasteiger partial charge in [0.25, 0.3) is 5.56 Å². The van der Waals surface area contributed by atoms with Crippen molar-refractivity contribution in [1.82, 2.24) is 14.9 Å². The number of carbonyl (C=O) groups excluding carboxylic acids is 1. The monoisotopic (exact) mass is 354 g/mol. The van der Waals surface area contributed by atoms with Crippen LogP contribution < -0.4 is 5.56 Å². The van der Waals surface area contributed by atoms with Crippen molar-refractivity contribution in [1.29, 1.82) is 5.26 Å². The maximum Gasteiger partial charge on any atom is 0.266 e. The first kappa shape index (κ1) is 16.0. The summed E-state index contributed by atoms with van der Waals surface area (Å²) in [4.78, 5) is 34.7.